The summed E-state index contributed by atoms with van der Waals surface area (Å²) in [6.45, 7) is 9.01. The lowest BCUT2D eigenvalue weighted by atomic mass is 9.84. The Morgan fingerprint density at radius 2 is 1.66 bits per heavy atom. The molecule has 53 heavy (non-hydrogen) atoms. The number of anilines is 1. The highest BCUT2D eigenvalue weighted by molar-refractivity contribution is 5.93. The SMILES string of the molecule is C=CCOC(=O)NCc1ccccc1-c1ccc(C2OC(CN3CCC4(CC3)C(=O)NCN4c3ccccc3)C(C)C(c3ccc(CO)cc3)O2)cc1. The highest BCUT2D eigenvalue weighted by Crippen LogP contribution is 2.43. The fourth-order valence-corrected chi connectivity index (χ4v) is 7.85. The number of aliphatic hydroxyl groups is 1. The predicted molar refractivity (Wildman–Crippen MR) is 204 cm³/mol. The van der Waals surface area contributed by atoms with Crippen LogP contribution < -0.4 is 15.5 Å². The van der Waals surface area contributed by atoms with Crippen LogP contribution in [0.25, 0.3) is 11.1 Å². The van der Waals surface area contributed by atoms with E-state index in [0.717, 1.165) is 65.0 Å². The largest absolute Gasteiger partial charge is 0.445 e. The second kappa shape index (κ2) is 16.3. The molecule has 3 fully saturated rings. The molecule has 4 aromatic rings. The summed E-state index contributed by atoms with van der Waals surface area (Å²) in [6, 6.07) is 34.3. The van der Waals surface area contributed by atoms with E-state index >= 15 is 0 Å². The minimum absolute atomic E-state index is 0.0170. The molecule has 0 saturated carbocycles. The van der Waals surface area contributed by atoms with E-state index in [2.05, 4.69) is 58.2 Å². The molecule has 10 nitrogen and oxygen atoms in total. The molecule has 2 amide bonds. The van der Waals surface area contributed by atoms with Crippen LogP contribution in [0.2, 0.25) is 0 Å². The number of para-hydroxylation sites is 1. The molecule has 0 aliphatic carbocycles. The van der Waals surface area contributed by atoms with Crippen molar-refractivity contribution in [1.82, 2.24) is 15.5 Å². The van der Waals surface area contributed by atoms with E-state index in [1.54, 1.807) is 0 Å². The molecule has 3 N–H and O–H groups in total. The first-order valence-electron chi connectivity index (χ1n) is 18.4. The van der Waals surface area contributed by atoms with Crippen molar-refractivity contribution < 1.29 is 28.9 Å². The third-order valence-corrected chi connectivity index (χ3v) is 10.9. The molecule has 3 aliphatic rings. The zero-order valence-corrected chi connectivity index (χ0v) is 30.2. The Kier molecular flexibility index (Phi) is 11.2. The Labute approximate surface area is 311 Å². The van der Waals surface area contributed by atoms with E-state index in [1.165, 1.54) is 6.08 Å². The van der Waals surface area contributed by atoms with E-state index < -0.39 is 17.9 Å². The van der Waals surface area contributed by atoms with Crippen molar-refractivity contribution in [3.63, 3.8) is 0 Å². The summed E-state index contributed by atoms with van der Waals surface area (Å²) in [4.78, 5) is 30.0. The molecule has 4 unspecified atom stereocenters. The number of likely N-dealkylation sites (tertiary alicyclic amines) is 1. The number of rotatable bonds is 11. The Bertz CT molecular complexity index is 1860. The number of carbonyl (C=O) groups is 2. The summed E-state index contributed by atoms with van der Waals surface area (Å²) in [5.41, 5.74) is 6.28. The summed E-state index contributed by atoms with van der Waals surface area (Å²) in [5, 5.41) is 15.6. The van der Waals surface area contributed by atoms with Crippen molar-refractivity contribution in [3.05, 3.63) is 138 Å². The van der Waals surface area contributed by atoms with Crippen molar-refractivity contribution in [2.75, 3.05) is 37.8 Å². The lowest BCUT2D eigenvalue weighted by Gasteiger charge is -2.46. The molecule has 0 radical (unpaired) electrons. The Morgan fingerprint density at radius 1 is 0.962 bits per heavy atom. The van der Waals surface area contributed by atoms with Gasteiger partial charge in [0.05, 0.1) is 25.5 Å². The maximum atomic E-state index is 13.3. The summed E-state index contributed by atoms with van der Waals surface area (Å²) in [7, 11) is 0. The van der Waals surface area contributed by atoms with E-state index in [-0.39, 0.29) is 37.2 Å². The predicted octanol–water partition coefficient (Wildman–Crippen LogP) is 6.48. The van der Waals surface area contributed by atoms with Gasteiger partial charge in [-0.25, -0.2) is 4.79 Å². The molecule has 276 valence electrons. The van der Waals surface area contributed by atoms with Crippen molar-refractivity contribution in [3.8, 4) is 11.1 Å². The van der Waals surface area contributed by atoms with Crippen LogP contribution in [0.4, 0.5) is 10.5 Å². The van der Waals surface area contributed by atoms with Gasteiger partial charge in [-0.05, 0) is 52.8 Å². The number of benzene rings is 4. The van der Waals surface area contributed by atoms with Gasteiger partial charge in [-0.2, -0.15) is 0 Å². The van der Waals surface area contributed by atoms with E-state index in [9.17, 15) is 14.7 Å². The molecule has 3 heterocycles. The molecular weight excluding hydrogens is 668 g/mol. The number of nitrogens with one attached hydrogen (secondary N) is 2. The van der Waals surface area contributed by atoms with Crippen LogP contribution in [0, 0.1) is 5.92 Å². The summed E-state index contributed by atoms with van der Waals surface area (Å²) < 4.78 is 18.6. The zero-order valence-electron chi connectivity index (χ0n) is 30.2. The third kappa shape index (κ3) is 7.87. The fourth-order valence-electron chi connectivity index (χ4n) is 7.85. The Morgan fingerprint density at radius 3 is 2.38 bits per heavy atom. The molecule has 7 rings (SSSR count). The molecule has 3 aliphatic heterocycles. The van der Waals surface area contributed by atoms with Gasteiger partial charge in [0.25, 0.3) is 0 Å². The minimum Gasteiger partial charge on any atom is -0.445 e. The fraction of sp³-hybridized carbons (Fsp3) is 0.349. The van der Waals surface area contributed by atoms with Gasteiger partial charge in [-0.15, -0.1) is 0 Å². The second-order valence-electron chi connectivity index (χ2n) is 14.1. The highest BCUT2D eigenvalue weighted by Gasteiger charge is 2.51. The summed E-state index contributed by atoms with van der Waals surface area (Å²) >= 11 is 0. The second-order valence-corrected chi connectivity index (χ2v) is 14.1. The normalized spacial score (nSPS) is 22.7. The van der Waals surface area contributed by atoms with Gasteiger partial charge in [0.1, 0.15) is 12.1 Å². The molecular formula is C43H48N4O6. The number of alkyl carbamates (subject to hydrolysis) is 1. The number of piperidine rings is 1. The number of carbonyl (C=O) groups excluding carboxylic acids is 2. The lowest BCUT2D eigenvalue weighted by Crippen LogP contribution is -2.57. The van der Waals surface area contributed by atoms with Crippen LogP contribution in [0.3, 0.4) is 0 Å². The number of ether oxygens (including phenoxy) is 3. The van der Waals surface area contributed by atoms with Gasteiger partial charge in [-0.1, -0.05) is 111 Å². The maximum absolute atomic E-state index is 13.3. The molecule has 3 saturated heterocycles. The molecule has 0 bridgehead atoms. The van der Waals surface area contributed by atoms with Gasteiger partial charge in [-0.3, -0.25) is 4.79 Å². The third-order valence-electron chi connectivity index (χ3n) is 10.9. The van der Waals surface area contributed by atoms with Crippen LogP contribution in [0.15, 0.2) is 116 Å². The van der Waals surface area contributed by atoms with Gasteiger partial charge >= 0.3 is 6.09 Å². The first-order chi connectivity index (χ1) is 25.9. The number of hydrogen-bond acceptors (Lipinski definition) is 8. The molecule has 10 heteroatoms. The summed E-state index contributed by atoms with van der Waals surface area (Å²) in [5.74, 6) is 0.144. The number of hydrogen-bond donors (Lipinski definition) is 3. The van der Waals surface area contributed by atoms with Crippen molar-refractivity contribution in [1.29, 1.82) is 0 Å². The quantitative estimate of drug-likeness (QED) is 0.151. The van der Waals surface area contributed by atoms with Crippen LogP contribution in [-0.2, 0) is 32.2 Å². The van der Waals surface area contributed by atoms with Crippen LogP contribution in [-0.4, -0.2) is 66.6 Å². The maximum Gasteiger partial charge on any atom is 0.407 e. The minimum atomic E-state index is -0.602. The monoisotopic (exact) mass is 716 g/mol. The van der Waals surface area contributed by atoms with Gasteiger partial charge < -0.3 is 39.8 Å². The average Bonchev–Trinajstić information content (AvgIpc) is 3.52. The molecule has 0 aromatic heterocycles. The Balaban J connectivity index is 1.08. The zero-order chi connectivity index (χ0) is 36.8. The van der Waals surface area contributed by atoms with Gasteiger partial charge in [0, 0.05) is 43.3 Å². The Hall–Kier alpha value is -5.00. The van der Waals surface area contributed by atoms with E-state index in [4.69, 9.17) is 14.2 Å². The van der Waals surface area contributed by atoms with Crippen molar-refractivity contribution >= 4 is 17.7 Å². The van der Waals surface area contributed by atoms with Crippen LogP contribution >= 0.6 is 0 Å². The smallest absolute Gasteiger partial charge is 0.407 e. The number of aliphatic hydroxyl groups excluding tert-OH is 1. The standard InChI is InChI=1S/C43H48N4O6/c1-3-25-51-42(50)44-26-35-9-7-8-12-37(35)32-17-19-34(20-18-32)40-52-38(30(2)39(53-40)33-15-13-31(28-48)14-16-33)27-46-23-21-43(22-24-46)41(49)45-29-47(43)36-10-5-4-6-11-36/h3-20,30,38-40,48H,1,21-29H2,2H3,(H,44,50)(H,45,49). The van der Waals surface area contributed by atoms with E-state index in [0.29, 0.717) is 19.8 Å². The number of nitrogens with zero attached hydrogens (tertiary/aromatic N) is 2. The van der Waals surface area contributed by atoms with Gasteiger partial charge in [0.15, 0.2) is 6.29 Å². The lowest BCUT2D eigenvalue weighted by molar-refractivity contribution is -0.276. The topological polar surface area (TPSA) is 113 Å². The molecule has 4 aromatic carbocycles. The van der Waals surface area contributed by atoms with Crippen molar-refractivity contribution in [2.24, 2.45) is 5.92 Å². The summed E-state index contributed by atoms with van der Waals surface area (Å²) in [6.07, 6.45) is 1.53. The first-order valence-corrected chi connectivity index (χ1v) is 18.4. The van der Waals surface area contributed by atoms with Crippen LogP contribution in [0.5, 0.6) is 0 Å². The van der Waals surface area contributed by atoms with Crippen molar-refractivity contribution in [2.45, 2.75) is 57.0 Å². The average molecular weight is 717 g/mol. The molecule has 1 spiro atoms. The number of amides is 2. The van der Waals surface area contributed by atoms with E-state index in [1.807, 2.05) is 78.9 Å². The van der Waals surface area contributed by atoms with Crippen LogP contribution in [0.1, 0.15) is 54.4 Å². The van der Waals surface area contributed by atoms with Gasteiger partial charge in [0.2, 0.25) is 5.91 Å². The first kappa shape index (κ1) is 36.4. The highest BCUT2D eigenvalue weighted by atomic mass is 16.7. The molecule has 4 atom stereocenters.